The van der Waals surface area contributed by atoms with Gasteiger partial charge in [-0.1, -0.05) is 18.2 Å². The van der Waals surface area contributed by atoms with Gasteiger partial charge in [-0.15, -0.1) is 11.6 Å². The summed E-state index contributed by atoms with van der Waals surface area (Å²) >= 11 is 5.80. The van der Waals surface area contributed by atoms with Gasteiger partial charge in [0.2, 0.25) is 0 Å². The fourth-order valence-corrected chi connectivity index (χ4v) is 2.33. The van der Waals surface area contributed by atoms with Crippen LogP contribution in [0.25, 0.3) is 0 Å². The minimum atomic E-state index is -0.129. The van der Waals surface area contributed by atoms with Crippen LogP contribution >= 0.6 is 11.6 Å². The molecule has 1 amide bonds. The fourth-order valence-electron chi connectivity index (χ4n) is 2.17. The number of halogens is 1. The molecule has 21 heavy (non-hydrogen) atoms. The number of hydrogen-bond donors (Lipinski definition) is 1. The maximum Gasteiger partial charge on any atom is 0.255 e. The molecule has 0 aliphatic rings. The highest BCUT2D eigenvalue weighted by molar-refractivity contribution is 6.17. The Morgan fingerprint density at radius 3 is 2.62 bits per heavy atom. The van der Waals surface area contributed by atoms with Crippen molar-refractivity contribution in [3.63, 3.8) is 0 Å². The van der Waals surface area contributed by atoms with E-state index in [1.165, 1.54) is 5.56 Å². The summed E-state index contributed by atoms with van der Waals surface area (Å²) in [4.78, 5) is 14.3. The average Bonchev–Trinajstić information content (AvgIpc) is 2.49. The second-order valence-electron chi connectivity index (χ2n) is 5.18. The van der Waals surface area contributed by atoms with Gasteiger partial charge in [-0.25, -0.2) is 0 Å². The van der Waals surface area contributed by atoms with E-state index in [1.54, 1.807) is 6.07 Å². The quantitative estimate of drug-likeness (QED) is 0.864. The molecule has 0 heterocycles. The van der Waals surface area contributed by atoms with Gasteiger partial charge < -0.3 is 10.2 Å². The molecular formula is C17H19ClN2O. The standard InChI is InChI=1S/C17H19ClN2O/c1-12-7-8-15(10-16(12)20(2)3)19-17(21)14-6-4-5-13(9-14)11-18/h4-10H,11H2,1-3H3,(H,19,21). The van der Waals surface area contributed by atoms with Crippen LogP contribution < -0.4 is 10.2 Å². The smallest absolute Gasteiger partial charge is 0.255 e. The van der Waals surface area contributed by atoms with E-state index in [9.17, 15) is 4.79 Å². The first kappa shape index (κ1) is 15.4. The molecule has 0 saturated carbocycles. The molecule has 0 radical (unpaired) electrons. The van der Waals surface area contributed by atoms with Gasteiger partial charge in [0.05, 0.1) is 0 Å². The monoisotopic (exact) mass is 302 g/mol. The minimum Gasteiger partial charge on any atom is -0.377 e. The first-order valence-electron chi connectivity index (χ1n) is 6.75. The van der Waals surface area contributed by atoms with E-state index in [2.05, 4.69) is 5.32 Å². The lowest BCUT2D eigenvalue weighted by atomic mass is 10.1. The molecule has 2 aromatic carbocycles. The summed E-state index contributed by atoms with van der Waals surface area (Å²) in [5.74, 6) is 0.270. The van der Waals surface area contributed by atoms with Gasteiger partial charge in [0.25, 0.3) is 5.91 Å². The van der Waals surface area contributed by atoms with Gasteiger partial charge in [-0.3, -0.25) is 4.79 Å². The van der Waals surface area contributed by atoms with Crippen molar-refractivity contribution >= 4 is 28.9 Å². The summed E-state index contributed by atoms with van der Waals surface area (Å²) < 4.78 is 0. The van der Waals surface area contributed by atoms with Crippen LogP contribution in [0.1, 0.15) is 21.5 Å². The number of nitrogens with zero attached hydrogens (tertiary/aromatic N) is 1. The van der Waals surface area contributed by atoms with Gasteiger partial charge in [0.15, 0.2) is 0 Å². The Morgan fingerprint density at radius 1 is 1.19 bits per heavy atom. The zero-order valence-electron chi connectivity index (χ0n) is 12.5. The molecule has 1 N–H and O–H groups in total. The van der Waals surface area contributed by atoms with E-state index < -0.39 is 0 Å². The van der Waals surface area contributed by atoms with Crippen molar-refractivity contribution in [3.8, 4) is 0 Å². The van der Waals surface area contributed by atoms with Crippen LogP contribution in [-0.4, -0.2) is 20.0 Å². The molecular weight excluding hydrogens is 284 g/mol. The highest BCUT2D eigenvalue weighted by atomic mass is 35.5. The molecule has 0 spiro atoms. The highest BCUT2D eigenvalue weighted by Gasteiger charge is 2.08. The van der Waals surface area contributed by atoms with E-state index in [-0.39, 0.29) is 5.91 Å². The Hall–Kier alpha value is -2.00. The summed E-state index contributed by atoms with van der Waals surface area (Å²) in [6.45, 7) is 2.05. The second kappa shape index (κ2) is 6.64. The van der Waals surface area contributed by atoms with Crippen molar-refractivity contribution in [1.82, 2.24) is 0 Å². The number of nitrogens with one attached hydrogen (secondary N) is 1. The molecule has 110 valence electrons. The number of aryl methyl sites for hydroxylation is 1. The van der Waals surface area contributed by atoms with Crippen LogP contribution in [-0.2, 0) is 5.88 Å². The SMILES string of the molecule is Cc1ccc(NC(=O)c2cccc(CCl)c2)cc1N(C)C. The zero-order valence-corrected chi connectivity index (χ0v) is 13.2. The Labute approximate surface area is 130 Å². The number of amides is 1. The summed E-state index contributed by atoms with van der Waals surface area (Å²) in [5.41, 5.74) is 4.58. The number of anilines is 2. The molecule has 0 fully saturated rings. The van der Waals surface area contributed by atoms with Gasteiger partial charge in [-0.2, -0.15) is 0 Å². The van der Waals surface area contributed by atoms with Gasteiger partial charge in [0.1, 0.15) is 0 Å². The summed E-state index contributed by atoms with van der Waals surface area (Å²) in [7, 11) is 3.97. The average molecular weight is 303 g/mol. The van der Waals surface area contributed by atoms with Crippen molar-refractivity contribution < 1.29 is 4.79 Å². The van der Waals surface area contributed by atoms with Crippen LogP contribution in [0.15, 0.2) is 42.5 Å². The Morgan fingerprint density at radius 2 is 1.95 bits per heavy atom. The van der Waals surface area contributed by atoms with E-state index in [0.717, 1.165) is 16.9 Å². The van der Waals surface area contributed by atoms with Crippen molar-refractivity contribution in [2.75, 3.05) is 24.3 Å². The van der Waals surface area contributed by atoms with Crippen molar-refractivity contribution in [1.29, 1.82) is 0 Å². The van der Waals surface area contributed by atoms with Crippen LogP contribution in [0.2, 0.25) is 0 Å². The van der Waals surface area contributed by atoms with Gasteiger partial charge >= 0.3 is 0 Å². The zero-order chi connectivity index (χ0) is 15.4. The van der Waals surface area contributed by atoms with Crippen molar-refractivity contribution in [2.45, 2.75) is 12.8 Å². The van der Waals surface area contributed by atoms with Gasteiger partial charge in [-0.05, 0) is 42.3 Å². The predicted molar refractivity (Wildman–Crippen MR) is 89.5 cm³/mol. The Balaban J connectivity index is 2.21. The number of carbonyl (C=O) groups excluding carboxylic acids is 1. The van der Waals surface area contributed by atoms with E-state index in [0.29, 0.717) is 11.4 Å². The Kier molecular flexibility index (Phi) is 4.86. The largest absolute Gasteiger partial charge is 0.377 e. The maximum atomic E-state index is 12.3. The molecule has 0 aliphatic heterocycles. The number of hydrogen-bond acceptors (Lipinski definition) is 2. The van der Waals surface area contributed by atoms with Crippen LogP contribution in [0, 0.1) is 6.92 Å². The molecule has 2 aromatic rings. The first-order chi connectivity index (χ1) is 10.0. The predicted octanol–water partition coefficient (Wildman–Crippen LogP) is 4.05. The normalized spacial score (nSPS) is 10.3. The third-order valence-corrected chi connectivity index (χ3v) is 3.60. The Bertz CT molecular complexity index is 653. The molecule has 0 unspecified atom stereocenters. The number of carbonyl (C=O) groups is 1. The molecule has 0 bridgehead atoms. The molecule has 0 saturated heterocycles. The molecule has 0 atom stereocenters. The number of alkyl halides is 1. The lowest BCUT2D eigenvalue weighted by Crippen LogP contribution is -2.14. The van der Waals surface area contributed by atoms with E-state index in [4.69, 9.17) is 11.6 Å². The third kappa shape index (κ3) is 3.76. The molecule has 4 heteroatoms. The van der Waals surface area contributed by atoms with Crippen LogP contribution in [0.5, 0.6) is 0 Å². The molecule has 0 aromatic heterocycles. The second-order valence-corrected chi connectivity index (χ2v) is 5.45. The minimum absolute atomic E-state index is 0.129. The summed E-state index contributed by atoms with van der Waals surface area (Å²) in [6.07, 6.45) is 0. The fraction of sp³-hybridized carbons (Fsp3) is 0.235. The number of benzene rings is 2. The molecule has 2 rings (SSSR count). The summed E-state index contributed by atoms with van der Waals surface area (Å²) in [6, 6.07) is 13.2. The van der Waals surface area contributed by atoms with E-state index >= 15 is 0 Å². The molecule has 0 aliphatic carbocycles. The van der Waals surface area contributed by atoms with E-state index in [1.807, 2.05) is 62.3 Å². The first-order valence-corrected chi connectivity index (χ1v) is 7.29. The highest BCUT2D eigenvalue weighted by Crippen LogP contribution is 2.23. The topological polar surface area (TPSA) is 32.3 Å². The van der Waals surface area contributed by atoms with Gasteiger partial charge in [0, 0.05) is 36.9 Å². The third-order valence-electron chi connectivity index (χ3n) is 3.29. The lowest BCUT2D eigenvalue weighted by molar-refractivity contribution is 0.102. The lowest BCUT2D eigenvalue weighted by Gasteiger charge is -2.17. The number of rotatable bonds is 4. The summed E-state index contributed by atoms with van der Waals surface area (Å²) in [5, 5.41) is 2.92. The van der Waals surface area contributed by atoms with Crippen LogP contribution in [0.3, 0.4) is 0 Å². The van der Waals surface area contributed by atoms with Crippen molar-refractivity contribution in [3.05, 3.63) is 59.2 Å². The molecule has 3 nitrogen and oxygen atoms in total. The maximum absolute atomic E-state index is 12.3. The van der Waals surface area contributed by atoms with Crippen LogP contribution in [0.4, 0.5) is 11.4 Å². The van der Waals surface area contributed by atoms with Crippen molar-refractivity contribution in [2.24, 2.45) is 0 Å².